The van der Waals surface area contributed by atoms with E-state index in [0.29, 0.717) is 5.57 Å². The van der Waals surface area contributed by atoms with Gasteiger partial charge in [-0.1, -0.05) is 55.5 Å². The van der Waals surface area contributed by atoms with Crippen molar-refractivity contribution in [2.75, 3.05) is 6.61 Å². The summed E-state index contributed by atoms with van der Waals surface area (Å²) in [5.41, 5.74) is -5.78. The molecule has 10 atom stereocenters. The van der Waals surface area contributed by atoms with E-state index in [9.17, 15) is 33.9 Å². The van der Waals surface area contributed by atoms with Gasteiger partial charge in [0.15, 0.2) is 17.8 Å². The molecule has 1 saturated heterocycles. The van der Waals surface area contributed by atoms with Crippen LogP contribution in [0.4, 0.5) is 0 Å². The third-order valence-corrected chi connectivity index (χ3v) is 12.3. The Morgan fingerprint density at radius 1 is 0.793 bits per heavy atom. The van der Waals surface area contributed by atoms with Crippen LogP contribution >= 0.6 is 0 Å². The second kappa shape index (κ2) is 15.8. The highest BCUT2D eigenvalue weighted by atomic mass is 16.6. The molecule has 14 heteroatoms. The molecule has 2 aromatic carbocycles. The van der Waals surface area contributed by atoms with Crippen LogP contribution in [0.25, 0.3) is 6.08 Å². The standard InChI is InChI=1S/C44H50O14/c1-24-31(56-34(49)20-19-29-15-11-9-12-16-29)22-43(41(6,7)51)35(24)36(57-40(50)30-17-13-10-14-18-30)38(54-26(3)46)42(8)32(53-25(2)45)21-33-44(23-52-33,58-28(5)48)37(42)39(43)55-27(4)47/h9-20,31-33,36-39,51H,21-23H2,1-8H3/b20-19+/t31-,32-,33+,36+,37?,38-,39-,42+,43-,44-/m0/s1. The number of esters is 6. The molecule has 3 fully saturated rings. The van der Waals surface area contributed by atoms with Crippen LogP contribution in [-0.4, -0.2) is 95.4 Å². The van der Waals surface area contributed by atoms with E-state index in [1.54, 1.807) is 50.3 Å². The summed E-state index contributed by atoms with van der Waals surface area (Å²) in [5.74, 6) is -5.91. The first-order valence-electron chi connectivity index (χ1n) is 19.2. The van der Waals surface area contributed by atoms with Gasteiger partial charge >= 0.3 is 35.8 Å². The Morgan fingerprint density at radius 2 is 1.38 bits per heavy atom. The molecular weight excluding hydrogens is 752 g/mol. The van der Waals surface area contributed by atoms with Crippen LogP contribution in [0, 0.1) is 16.7 Å². The number of carbonyl (C=O) groups excluding carboxylic acids is 6. The zero-order valence-electron chi connectivity index (χ0n) is 33.8. The zero-order valence-corrected chi connectivity index (χ0v) is 33.8. The lowest BCUT2D eigenvalue weighted by atomic mass is 9.49. The minimum absolute atomic E-state index is 0.0642. The van der Waals surface area contributed by atoms with Gasteiger partial charge in [0.1, 0.15) is 24.4 Å². The van der Waals surface area contributed by atoms with Crippen molar-refractivity contribution in [2.24, 2.45) is 16.7 Å². The van der Waals surface area contributed by atoms with Crippen molar-refractivity contribution in [1.82, 2.24) is 0 Å². The number of fused-ring (bicyclic) bond motifs is 4. The Bertz CT molecular complexity index is 2020. The Hall–Kier alpha value is -5.34. The maximum absolute atomic E-state index is 14.3. The summed E-state index contributed by atoms with van der Waals surface area (Å²) in [6.45, 7) is 10.8. The summed E-state index contributed by atoms with van der Waals surface area (Å²) in [6, 6.07) is 17.1. The molecule has 0 bridgehead atoms. The van der Waals surface area contributed by atoms with Gasteiger partial charge in [0.2, 0.25) is 0 Å². The van der Waals surface area contributed by atoms with E-state index in [4.69, 9.17) is 33.2 Å². The van der Waals surface area contributed by atoms with Crippen LogP contribution in [0.5, 0.6) is 0 Å². The van der Waals surface area contributed by atoms with E-state index in [2.05, 4.69) is 0 Å². The van der Waals surface area contributed by atoms with Gasteiger partial charge in [-0.25, -0.2) is 9.59 Å². The second-order valence-corrected chi connectivity index (χ2v) is 16.3. The fourth-order valence-corrected chi connectivity index (χ4v) is 9.99. The molecule has 0 radical (unpaired) electrons. The molecular formula is C44H50O14. The van der Waals surface area contributed by atoms with E-state index in [-0.39, 0.29) is 30.6 Å². The second-order valence-electron chi connectivity index (χ2n) is 16.3. The molecule has 2 aromatic rings. The highest BCUT2D eigenvalue weighted by Gasteiger charge is 2.81. The number of rotatable bonds is 10. The summed E-state index contributed by atoms with van der Waals surface area (Å²) >= 11 is 0. The van der Waals surface area contributed by atoms with E-state index in [1.807, 2.05) is 18.2 Å². The quantitative estimate of drug-likeness (QED) is 0.149. The largest absolute Gasteiger partial charge is 0.462 e. The van der Waals surface area contributed by atoms with Crippen molar-refractivity contribution in [3.05, 3.63) is 89.0 Å². The average Bonchev–Trinajstić information content (AvgIpc) is 3.40. The smallest absolute Gasteiger partial charge is 0.338 e. The Morgan fingerprint density at radius 3 is 1.91 bits per heavy atom. The Kier molecular flexibility index (Phi) is 11.5. The zero-order chi connectivity index (χ0) is 42.4. The summed E-state index contributed by atoms with van der Waals surface area (Å²) in [6.07, 6.45) is -5.41. The van der Waals surface area contributed by atoms with Crippen LogP contribution in [0.1, 0.15) is 84.2 Å². The van der Waals surface area contributed by atoms with Gasteiger partial charge in [-0.3, -0.25) is 19.2 Å². The van der Waals surface area contributed by atoms with Gasteiger partial charge in [-0.05, 0) is 55.7 Å². The molecule has 2 saturated carbocycles. The van der Waals surface area contributed by atoms with Crippen LogP contribution < -0.4 is 0 Å². The lowest BCUT2D eigenvalue weighted by molar-refractivity contribution is -0.352. The number of ether oxygens (including phenoxy) is 7. The molecule has 6 rings (SSSR count). The summed E-state index contributed by atoms with van der Waals surface area (Å²) in [7, 11) is 0. The van der Waals surface area contributed by atoms with Crippen LogP contribution in [-0.2, 0) is 57.1 Å². The third-order valence-electron chi connectivity index (χ3n) is 12.3. The molecule has 58 heavy (non-hydrogen) atoms. The van der Waals surface area contributed by atoms with Crippen molar-refractivity contribution < 1.29 is 67.0 Å². The lowest BCUT2D eigenvalue weighted by Gasteiger charge is -2.65. The van der Waals surface area contributed by atoms with Crippen molar-refractivity contribution in [3.8, 4) is 0 Å². The number of carbonyl (C=O) groups is 6. The molecule has 14 nitrogen and oxygen atoms in total. The average molecular weight is 803 g/mol. The van der Waals surface area contributed by atoms with Crippen molar-refractivity contribution in [2.45, 2.75) is 116 Å². The third kappa shape index (κ3) is 7.32. The minimum Gasteiger partial charge on any atom is -0.462 e. The summed E-state index contributed by atoms with van der Waals surface area (Å²) < 4.78 is 43.6. The molecule has 1 unspecified atom stereocenters. The molecule has 0 spiro atoms. The molecule has 1 heterocycles. The number of hydrogen-bond acceptors (Lipinski definition) is 14. The first-order chi connectivity index (χ1) is 27.3. The van der Waals surface area contributed by atoms with E-state index < -0.39 is 100 Å². The molecule has 0 amide bonds. The number of hydrogen-bond donors (Lipinski definition) is 1. The van der Waals surface area contributed by atoms with Gasteiger partial charge in [0.05, 0.1) is 34.5 Å². The lowest BCUT2D eigenvalue weighted by Crippen LogP contribution is -2.79. The molecule has 3 aliphatic carbocycles. The van der Waals surface area contributed by atoms with Gasteiger partial charge in [0.25, 0.3) is 0 Å². The minimum atomic E-state index is -1.93. The molecule has 4 aliphatic rings. The van der Waals surface area contributed by atoms with E-state index in [0.717, 1.165) is 12.5 Å². The van der Waals surface area contributed by atoms with Gasteiger partial charge in [0, 0.05) is 46.6 Å². The fourth-order valence-electron chi connectivity index (χ4n) is 9.99. The van der Waals surface area contributed by atoms with Crippen molar-refractivity contribution >= 4 is 41.9 Å². The first kappa shape index (κ1) is 42.3. The maximum Gasteiger partial charge on any atom is 0.338 e. The van der Waals surface area contributed by atoms with Gasteiger partial charge < -0.3 is 38.3 Å². The highest BCUT2D eigenvalue weighted by Crippen LogP contribution is 2.69. The van der Waals surface area contributed by atoms with E-state index in [1.165, 1.54) is 52.8 Å². The normalized spacial score (nSPS) is 32.6. The number of benzene rings is 2. The SMILES string of the molecule is CC(=O)O[C@H]1C[C@H]2OC[C@@]2(OC(C)=O)C2[C@H](OC(C)=O)[C@]3(C(C)(C)O)C[C@H](OC(=O)/C=C/c4ccccc4)C(C)=C3[C@@H](OC(=O)c3ccccc3)[C@H](OC(C)=O)[C@@]21C. The predicted molar refractivity (Wildman–Crippen MR) is 204 cm³/mol. The van der Waals surface area contributed by atoms with E-state index >= 15 is 0 Å². The topological polar surface area (TPSA) is 187 Å². The van der Waals surface area contributed by atoms with Crippen molar-refractivity contribution in [3.63, 3.8) is 0 Å². The van der Waals surface area contributed by atoms with Crippen molar-refractivity contribution in [1.29, 1.82) is 0 Å². The first-order valence-corrected chi connectivity index (χ1v) is 19.2. The molecule has 0 aromatic heterocycles. The molecule has 310 valence electrons. The van der Waals surface area contributed by atoms with Gasteiger partial charge in [-0.15, -0.1) is 0 Å². The maximum atomic E-state index is 14.3. The Labute approximate surface area is 336 Å². The number of aliphatic hydroxyl groups is 1. The molecule has 1 aliphatic heterocycles. The monoisotopic (exact) mass is 802 g/mol. The predicted octanol–water partition coefficient (Wildman–Crippen LogP) is 4.85. The van der Waals surface area contributed by atoms with Gasteiger partial charge in [-0.2, -0.15) is 0 Å². The summed E-state index contributed by atoms with van der Waals surface area (Å²) in [4.78, 5) is 80.9. The fraction of sp³-hybridized carbons (Fsp3) is 0.500. The van der Waals surface area contributed by atoms with Crippen LogP contribution in [0.15, 0.2) is 77.9 Å². The highest BCUT2D eigenvalue weighted by molar-refractivity contribution is 5.90. The van der Waals surface area contributed by atoms with Crippen LogP contribution in [0.3, 0.4) is 0 Å². The van der Waals surface area contributed by atoms with Crippen LogP contribution in [0.2, 0.25) is 0 Å². The molecule has 1 N–H and O–H groups in total. The summed E-state index contributed by atoms with van der Waals surface area (Å²) in [5, 5.41) is 12.7. The Balaban J connectivity index is 1.68.